The highest BCUT2D eigenvalue weighted by Gasteiger charge is 2.33. The predicted molar refractivity (Wildman–Crippen MR) is 104 cm³/mol. The largest absolute Gasteiger partial charge is 0.416 e. The fraction of sp³-hybridized carbons (Fsp3) is 0.222. The van der Waals surface area contributed by atoms with E-state index in [1.807, 2.05) is 0 Å². The molecule has 27 heavy (non-hydrogen) atoms. The summed E-state index contributed by atoms with van der Waals surface area (Å²) >= 11 is 2.09. The summed E-state index contributed by atoms with van der Waals surface area (Å²) < 4.78 is 43.2. The number of alkyl halides is 3. The highest BCUT2D eigenvalue weighted by molar-refractivity contribution is 14.1. The molecule has 0 unspecified atom stereocenters. The van der Waals surface area contributed by atoms with Gasteiger partial charge in [0.25, 0.3) is 5.91 Å². The van der Waals surface area contributed by atoms with Gasteiger partial charge in [-0.05, 0) is 66.8 Å². The quantitative estimate of drug-likeness (QED) is 0.543. The molecule has 0 aliphatic heterocycles. The van der Waals surface area contributed by atoms with Gasteiger partial charge in [-0.1, -0.05) is 0 Å². The van der Waals surface area contributed by atoms with Gasteiger partial charge in [-0.3, -0.25) is 9.48 Å². The number of nitrogens with one attached hydrogen (secondary N) is 1. The number of hydrogen-bond acceptors (Lipinski definition) is 2. The minimum atomic E-state index is -4.48. The zero-order valence-electron chi connectivity index (χ0n) is 14.5. The number of anilines is 1. The van der Waals surface area contributed by atoms with Crippen molar-refractivity contribution in [2.75, 3.05) is 5.32 Å². The van der Waals surface area contributed by atoms with Crippen LogP contribution in [0.5, 0.6) is 0 Å². The van der Waals surface area contributed by atoms with Gasteiger partial charge in [0.15, 0.2) is 0 Å². The average Bonchev–Trinajstić information content (AvgIpc) is 3.25. The minimum absolute atomic E-state index is 0.231. The maximum Gasteiger partial charge on any atom is 0.416 e. The molecule has 1 amide bonds. The molecule has 0 saturated heterocycles. The summed E-state index contributed by atoms with van der Waals surface area (Å²) in [7, 11) is 0. The molecule has 1 aromatic carbocycles. The summed E-state index contributed by atoms with van der Waals surface area (Å²) in [5.41, 5.74) is -1.31. The lowest BCUT2D eigenvalue weighted by atomic mass is 10.0. The van der Waals surface area contributed by atoms with E-state index in [4.69, 9.17) is 0 Å². The molecule has 1 N–H and O–H groups in total. The van der Waals surface area contributed by atoms with E-state index in [2.05, 4.69) is 33.0 Å². The molecular weight excluding hydrogens is 472 g/mol. The van der Waals surface area contributed by atoms with Crippen molar-refractivity contribution in [2.45, 2.75) is 25.6 Å². The van der Waals surface area contributed by atoms with Crippen molar-refractivity contribution in [1.82, 2.24) is 14.3 Å². The van der Waals surface area contributed by atoms with Crippen LogP contribution in [0.25, 0.3) is 5.69 Å². The molecule has 0 radical (unpaired) electrons. The molecule has 3 rings (SSSR count). The number of benzene rings is 1. The van der Waals surface area contributed by atoms with Crippen LogP contribution in [-0.4, -0.2) is 20.3 Å². The van der Waals surface area contributed by atoms with Gasteiger partial charge in [-0.25, -0.2) is 0 Å². The van der Waals surface area contributed by atoms with Gasteiger partial charge in [-0.2, -0.15) is 18.3 Å². The highest BCUT2D eigenvalue weighted by atomic mass is 127. The summed E-state index contributed by atoms with van der Waals surface area (Å²) in [5.74, 6) is -0.393. The van der Waals surface area contributed by atoms with Gasteiger partial charge >= 0.3 is 6.18 Å². The van der Waals surface area contributed by atoms with Crippen LogP contribution in [0.1, 0.15) is 19.4 Å². The Morgan fingerprint density at radius 1 is 1.19 bits per heavy atom. The standard InChI is InChI=1S/C18H16F3IN4O/c1-17(2,26-11-13(22)10-23-26)16(27)24-14-6-5-12(18(19,20)21)9-15(14)25-7-3-4-8-25/h3-11H,1-2H3,(H,24,27). The third kappa shape index (κ3) is 4.02. The van der Waals surface area contributed by atoms with E-state index in [1.165, 1.54) is 15.3 Å². The third-order valence-electron chi connectivity index (χ3n) is 4.14. The van der Waals surface area contributed by atoms with Crippen molar-refractivity contribution in [1.29, 1.82) is 0 Å². The van der Waals surface area contributed by atoms with Crippen LogP contribution in [0.2, 0.25) is 0 Å². The van der Waals surface area contributed by atoms with Gasteiger partial charge in [0.1, 0.15) is 5.54 Å². The van der Waals surface area contributed by atoms with Gasteiger partial charge in [0.05, 0.1) is 26.7 Å². The average molecular weight is 488 g/mol. The van der Waals surface area contributed by atoms with Crippen LogP contribution >= 0.6 is 22.6 Å². The molecule has 142 valence electrons. The number of hydrogen-bond donors (Lipinski definition) is 1. The van der Waals surface area contributed by atoms with E-state index in [0.717, 1.165) is 15.7 Å². The van der Waals surface area contributed by atoms with E-state index in [9.17, 15) is 18.0 Å². The SMILES string of the molecule is CC(C)(C(=O)Nc1ccc(C(F)(F)F)cc1-n1cccc1)n1cc(I)cn1. The van der Waals surface area contributed by atoms with Crippen molar-refractivity contribution in [3.8, 4) is 5.69 Å². The summed E-state index contributed by atoms with van der Waals surface area (Å²) in [6.07, 6.45) is 2.10. The Morgan fingerprint density at radius 2 is 1.85 bits per heavy atom. The summed E-state index contributed by atoms with van der Waals surface area (Å²) in [6, 6.07) is 6.62. The van der Waals surface area contributed by atoms with E-state index in [-0.39, 0.29) is 11.4 Å². The van der Waals surface area contributed by atoms with Crippen molar-refractivity contribution in [2.24, 2.45) is 0 Å². The summed E-state index contributed by atoms with van der Waals surface area (Å²) in [4.78, 5) is 12.8. The van der Waals surface area contributed by atoms with E-state index < -0.39 is 23.2 Å². The fourth-order valence-electron chi connectivity index (χ4n) is 2.51. The van der Waals surface area contributed by atoms with Crippen molar-refractivity contribution < 1.29 is 18.0 Å². The van der Waals surface area contributed by atoms with Crippen LogP contribution in [0.3, 0.4) is 0 Å². The smallest absolute Gasteiger partial charge is 0.322 e. The Kier molecular flexibility index (Phi) is 5.06. The first-order valence-electron chi connectivity index (χ1n) is 7.96. The lowest BCUT2D eigenvalue weighted by molar-refractivity contribution is -0.137. The number of nitrogens with zero attached hydrogens (tertiary/aromatic N) is 3. The third-order valence-corrected chi connectivity index (χ3v) is 4.69. The molecule has 0 spiro atoms. The molecule has 3 aromatic rings. The highest BCUT2D eigenvalue weighted by Crippen LogP contribution is 2.34. The monoisotopic (exact) mass is 488 g/mol. The van der Waals surface area contributed by atoms with Crippen molar-refractivity contribution in [3.63, 3.8) is 0 Å². The molecule has 2 aromatic heterocycles. The maximum atomic E-state index is 13.1. The summed E-state index contributed by atoms with van der Waals surface area (Å²) in [5, 5.41) is 6.90. The van der Waals surface area contributed by atoms with E-state index in [0.29, 0.717) is 0 Å². The normalized spacial score (nSPS) is 12.2. The number of carbonyl (C=O) groups excluding carboxylic acids is 1. The molecule has 9 heteroatoms. The minimum Gasteiger partial charge on any atom is -0.322 e. The van der Waals surface area contributed by atoms with Crippen molar-refractivity contribution >= 4 is 34.2 Å². The predicted octanol–water partition coefficient (Wildman–Crippen LogP) is 4.67. The Morgan fingerprint density at radius 3 is 2.41 bits per heavy atom. The Bertz CT molecular complexity index is 961. The second kappa shape index (κ2) is 7.02. The second-order valence-corrected chi connectivity index (χ2v) is 7.68. The second-order valence-electron chi connectivity index (χ2n) is 6.44. The van der Waals surface area contributed by atoms with Crippen LogP contribution in [0.4, 0.5) is 18.9 Å². The molecule has 0 aliphatic rings. The van der Waals surface area contributed by atoms with Gasteiger partial charge in [0, 0.05) is 18.6 Å². The Labute approximate surface area is 167 Å². The first-order valence-corrected chi connectivity index (χ1v) is 9.03. The number of amides is 1. The number of rotatable bonds is 4. The zero-order chi connectivity index (χ0) is 19.8. The van der Waals surface area contributed by atoms with Crippen LogP contribution in [0.15, 0.2) is 55.1 Å². The zero-order valence-corrected chi connectivity index (χ0v) is 16.6. The first-order chi connectivity index (χ1) is 12.6. The van der Waals surface area contributed by atoms with Crippen LogP contribution in [0, 0.1) is 3.57 Å². The summed E-state index contributed by atoms with van der Waals surface area (Å²) in [6.45, 7) is 3.37. The number of carbonyl (C=O) groups is 1. The lowest BCUT2D eigenvalue weighted by Crippen LogP contribution is -2.40. The van der Waals surface area contributed by atoms with Gasteiger partial charge in [0.2, 0.25) is 0 Å². The van der Waals surface area contributed by atoms with Gasteiger partial charge in [-0.15, -0.1) is 0 Å². The van der Waals surface area contributed by atoms with Crippen molar-refractivity contribution in [3.05, 3.63) is 64.3 Å². The Balaban J connectivity index is 1.98. The van der Waals surface area contributed by atoms with E-state index >= 15 is 0 Å². The molecule has 0 atom stereocenters. The molecule has 2 heterocycles. The van der Waals surface area contributed by atoms with Crippen LogP contribution in [-0.2, 0) is 16.5 Å². The number of aromatic nitrogens is 3. The topological polar surface area (TPSA) is 51.9 Å². The maximum absolute atomic E-state index is 13.1. The number of halogens is 4. The first kappa shape index (κ1) is 19.5. The fourth-order valence-corrected chi connectivity index (χ4v) is 2.90. The molecule has 0 saturated carbocycles. The van der Waals surface area contributed by atoms with Gasteiger partial charge < -0.3 is 9.88 Å². The molecule has 0 aliphatic carbocycles. The molecular formula is C18H16F3IN4O. The van der Waals surface area contributed by atoms with Crippen LogP contribution < -0.4 is 5.32 Å². The molecule has 0 fully saturated rings. The lowest BCUT2D eigenvalue weighted by Gasteiger charge is -2.25. The molecule has 0 bridgehead atoms. The Hall–Kier alpha value is -2.30. The molecule has 5 nitrogen and oxygen atoms in total. The van der Waals surface area contributed by atoms with E-state index in [1.54, 1.807) is 50.8 Å².